The van der Waals surface area contributed by atoms with Gasteiger partial charge in [0.15, 0.2) is 18.1 Å². The Balaban J connectivity index is 1.45. The first-order valence-corrected chi connectivity index (χ1v) is 11.2. The maximum Gasteiger partial charge on any atom is 0.258 e. The largest absolute Gasteiger partial charge is 0.493 e. The lowest BCUT2D eigenvalue weighted by atomic mass is 9.86. The molecule has 1 heterocycles. The topological polar surface area (TPSA) is 100 Å². The van der Waals surface area contributed by atoms with E-state index in [2.05, 4.69) is 28.3 Å². The number of fused-ring (bicyclic) bond motifs is 1. The lowest BCUT2D eigenvalue weighted by molar-refractivity contribution is -0.124. The number of aromatic nitrogens is 2. The van der Waals surface area contributed by atoms with Crippen molar-refractivity contribution >= 4 is 28.6 Å². The van der Waals surface area contributed by atoms with Gasteiger partial charge in [0.1, 0.15) is 11.9 Å². The van der Waals surface area contributed by atoms with Crippen LogP contribution >= 0.6 is 0 Å². The van der Waals surface area contributed by atoms with Crippen LogP contribution in [-0.2, 0) is 4.79 Å². The number of ether oxygens (including phenoxy) is 2. The summed E-state index contributed by atoms with van der Waals surface area (Å²) in [5, 5.41) is 12.8. The third-order valence-corrected chi connectivity index (χ3v) is 6.08. The molecule has 0 saturated heterocycles. The van der Waals surface area contributed by atoms with Gasteiger partial charge >= 0.3 is 0 Å². The van der Waals surface area contributed by atoms with Crippen molar-refractivity contribution in [2.75, 3.05) is 13.7 Å². The lowest BCUT2D eigenvalue weighted by Crippen LogP contribution is -2.43. The van der Waals surface area contributed by atoms with E-state index in [1.807, 2.05) is 30.3 Å². The highest BCUT2D eigenvalue weighted by atomic mass is 16.5. The van der Waals surface area contributed by atoms with Crippen LogP contribution in [0.1, 0.15) is 44.0 Å². The molecule has 170 valence electrons. The fourth-order valence-electron chi connectivity index (χ4n) is 4.22. The molecule has 0 aliphatic heterocycles. The number of methoxy groups -OCH3 is 1. The number of aromatic amines is 1. The van der Waals surface area contributed by atoms with Crippen molar-refractivity contribution in [2.24, 2.45) is 5.92 Å². The molecule has 2 N–H and O–H groups in total. The maximum absolute atomic E-state index is 12.4. The monoisotopic (exact) mass is 444 g/mol. The van der Waals surface area contributed by atoms with Crippen molar-refractivity contribution in [3.05, 3.63) is 53.9 Å². The molecule has 1 aromatic heterocycles. The molecule has 33 heavy (non-hydrogen) atoms. The summed E-state index contributed by atoms with van der Waals surface area (Å²) in [7, 11) is 1.55. The molecular weight excluding hydrogens is 416 g/mol. The van der Waals surface area contributed by atoms with Crippen LogP contribution in [0.5, 0.6) is 11.5 Å². The van der Waals surface area contributed by atoms with Gasteiger partial charge in [0.25, 0.3) is 5.91 Å². The SMILES string of the molecule is COc1cc(/C=C(\C#N)c2nc3ccccc3[nH]2)ccc1OCC(=O)NC1CCCCC1C. The Morgan fingerprint density at radius 2 is 2.06 bits per heavy atom. The van der Waals surface area contributed by atoms with E-state index in [0.717, 1.165) is 35.9 Å². The summed E-state index contributed by atoms with van der Waals surface area (Å²) in [6, 6.07) is 15.4. The number of H-pyrrole nitrogens is 1. The molecule has 0 spiro atoms. The van der Waals surface area contributed by atoms with Gasteiger partial charge in [0, 0.05) is 6.04 Å². The van der Waals surface area contributed by atoms with Crippen LogP contribution in [0.15, 0.2) is 42.5 Å². The first-order chi connectivity index (χ1) is 16.1. The van der Waals surface area contributed by atoms with E-state index in [0.29, 0.717) is 28.8 Å². The fourth-order valence-corrected chi connectivity index (χ4v) is 4.22. The van der Waals surface area contributed by atoms with Gasteiger partial charge in [-0.3, -0.25) is 4.79 Å². The summed E-state index contributed by atoms with van der Waals surface area (Å²) in [4.78, 5) is 20.0. The van der Waals surface area contributed by atoms with Gasteiger partial charge in [-0.25, -0.2) is 4.98 Å². The highest BCUT2D eigenvalue weighted by Crippen LogP contribution is 2.30. The smallest absolute Gasteiger partial charge is 0.258 e. The molecule has 2 atom stereocenters. The van der Waals surface area contributed by atoms with Gasteiger partial charge in [0.05, 0.1) is 23.7 Å². The quantitative estimate of drug-likeness (QED) is 0.514. The number of para-hydroxylation sites is 2. The molecule has 1 saturated carbocycles. The third-order valence-electron chi connectivity index (χ3n) is 6.08. The number of allylic oxidation sites excluding steroid dienone is 1. The summed E-state index contributed by atoms with van der Waals surface area (Å²) < 4.78 is 11.2. The second-order valence-electron chi connectivity index (χ2n) is 8.41. The Morgan fingerprint density at radius 1 is 1.24 bits per heavy atom. The van der Waals surface area contributed by atoms with Crippen LogP contribution in [0.25, 0.3) is 22.7 Å². The first-order valence-electron chi connectivity index (χ1n) is 11.2. The molecule has 1 amide bonds. The van der Waals surface area contributed by atoms with Crippen LogP contribution in [0, 0.1) is 17.2 Å². The van der Waals surface area contributed by atoms with E-state index in [1.165, 1.54) is 6.42 Å². The predicted molar refractivity (Wildman–Crippen MR) is 128 cm³/mol. The Hall–Kier alpha value is -3.79. The Bertz CT molecular complexity index is 1170. The van der Waals surface area contributed by atoms with Gasteiger partial charge < -0.3 is 19.8 Å². The fraction of sp³-hybridized carbons (Fsp3) is 0.346. The molecule has 1 aliphatic rings. The first kappa shape index (κ1) is 22.4. The zero-order valence-corrected chi connectivity index (χ0v) is 18.9. The molecule has 1 fully saturated rings. The molecule has 2 aromatic carbocycles. The number of imidazole rings is 1. The molecule has 4 rings (SSSR count). The van der Waals surface area contributed by atoms with Crippen LogP contribution in [-0.4, -0.2) is 35.6 Å². The summed E-state index contributed by atoms with van der Waals surface area (Å²) in [6.07, 6.45) is 6.28. The van der Waals surface area contributed by atoms with Crippen molar-refractivity contribution in [3.8, 4) is 17.6 Å². The number of nitriles is 1. The van der Waals surface area contributed by atoms with Crippen molar-refractivity contribution in [1.82, 2.24) is 15.3 Å². The van der Waals surface area contributed by atoms with Crippen molar-refractivity contribution in [1.29, 1.82) is 5.26 Å². The van der Waals surface area contributed by atoms with E-state index in [4.69, 9.17) is 9.47 Å². The number of hydrogen-bond acceptors (Lipinski definition) is 5. The van der Waals surface area contributed by atoms with E-state index in [-0.39, 0.29) is 18.6 Å². The number of benzene rings is 2. The maximum atomic E-state index is 12.4. The summed E-state index contributed by atoms with van der Waals surface area (Å²) in [5.41, 5.74) is 2.84. The van der Waals surface area contributed by atoms with E-state index < -0.39 is 0 Å². The number of amides is 1. The van der Waals surface area contributed by atoms with Crippen LogP contribution in [0.3, 0.4) is 0 Å². The van der Waals surface area contributed by atoms with Crippen LogP contribution in [0.2, 0.25) is 0 Å². The zero-order valence-electron chi connectivity index (χ0n) is 18.9. The second-order valence-corrected chi connectivity index (χ2v) is 8.41. The average Bonchev–Trinajstić information content (AvgIpc) is 3.27. The highest BCUT2D eigenvalue weighted by molar-refractivity contribution is 5.90. The van der Waals surface area contributed by atoms with Gasteiger partial charge in [0.2, 0.25) is 0 Å². The molecular formula is C26H28N4O3. The molecule has 1 aliphatic carbocycles. The van der Waals surface area contributed by atoms with Crippen molar-refractivity contribution < 1.29 is 14.3 Å². The second kappa shape index (κ2) is 10.2. The van der Waals surface area contributed by atoms with E-state index in [9.17, 15) is 10.1 Å². The summed E-state index contributed by atoms with van der Waals surface area (Å²) >= 11 is 0. The summed E-state index contributed by atoms with van der Waals surface area (Å²) in [6.45, 7) is 2.11. The van der Waals surface area contributed by atoms with E-state index in [1.54, 1.807) is 25.3 Å². The average molecular weight is 445 g/mol. The van der Waals surface area contributed by atoms with Crippen molar-refractivity contribution in [2.45, 2.75) is 38.6 Å². The number of carbonyl (C=O) groups excluding carboxylic acids is 1. The standard InChI is InChI=1S/C26H28N4O3/c1-17-7-3-4-8-20(17)28-25(31)16-33-23-12-11-18(14-24(23)32-2)13-19(15-27)26-29-21-9-5-6-10-22(21)30-26/h5-6,9-14,17,20H,3-4,7-8,16H2,1-2H3,(H,28,31)(H,29,30)/b19-13+. The van der Waals surface area contributed by atoms with E-state index >= 15 is 0 Å². The molecule has 7 heteroatoms. The van der Waals surface area contributed by atoms with Crippen LogP contribution < -0.4 is 14.8 Å². The molecule has 0 radical (unpaired) electrons. The number of carbonyl (C=O) groups is 1. The van der Waals surface area contributed by atoms with Gasteiger partial charge in [-0.15, -0.1) is 0 Å². The Kier molecular flexibility index (Phi) is 6.94. The zero-order chi connectivity index (χ0) is 23.2. The van der Waals surface area contributed by atoms with Gasteiger partial charge in [-0.2, -0.15) is 5.26 Å². The molecule has 7 nitrogen and oxygen atoms in total. The lowest BCUT2D eigenvalue weighted by Gasteiger charge is -2.29. The highest BCUT2D eigenvalue weighted by Gasteiger charge is 2.23. The Morgan fingerprint density at radius 3 is 2.82 bits per heavy atom. The number of rotatable bonds is 7. The summed E-state index contributed by atoms with van der Waals surface area (Å²) in [5.74, 6) is 1.83. The normalized spacial score (nSPS) is 18.5. The molecule has 3 aromatic rings. The number of hydrogen-bond donors (Lipinski definition) is 2. The molecule has 2 unspecified atom stereocenters. The minimum atomic E-state index is -0.128. The number of nitrogens with zero attached hydrogens (tertiary/aromatic N) is 2. The third kappa shape index (κ3) is 5.35. The van der Waals surface area contributed by atoms with Gasteiger partial charge in [-0.05, 0) is 54.7 Å². The Labute approximate surface area is 193 Å². The minimum absolute atomic E-state index is 0.0722. The molecule has 0 bridgehead atoms. The van der Waals surface area contributed by atoms with Crippen LogP contribution in [0.4, 0.5) is 0 Å². The minimum Gasteiger partial charge on any atom is -0.493 e. The number of nitrogens with one attached hydrogen (secondary N) is 2. The van der Waals surface area contributed by atoms with Gasteiger partial charge in [-0.1, -0.05) is 38.0 Å². The predicted octanol–water partition coefficient (Wildman–Crippen LogP) is 4.71. The van der Waals surface area contributed by atoms with Crippen molar-refractivity contribution in [3.63, 3.8) is 0 Å².